The summed E-state index contributed by atoms with van der Waals surface area (Å²) in [6.07, 6.45) is 2.66. The number of hydrogen-bond acceptors (Lipinski definition) is 3. The van der Waals surface area contributed by atoms with E-state index in [9.17, 15) is 4.39 Å². The lowest BCUT2D eigenvalue weighted by Gasteiger charge is -2.14. The lowest BCUT2D eigenvalue weighted by Crippen LogP contribution is -2.29. The van der Waals surface area contributed by atoms with E-state index in [0.717, 1.165) is 35.4 Å². The van der Waals surface area contributed by atoms with Crippen molar-refractivity contribution >= 4 is 11.0 Å². The van der Waals surface area contributed by atoms with E-state index in [1.54, 1.807) is 12.1 Å². The first-order valence-electron chi connectivity index (χ1n) is 7.34. The minimum atomic E-state index is -0.213. The molecule has 1 aromatic carbocycles. The van der Waals surface area contributed by atoms with Crippen molar-refractivity contribution in [1.29, 1.82) is 0 Å². The molecule has 20 heavy (non-hydrogen) atoms. The third-order valence-corrected chi connectivity index (χ3v) is 4.09. The molecule has 3 rings (SSSR count). The van der Waals surface area contributed by atoms with Crippen molar-refractivity contribution < 1.29 is 8.81 Å². The summed E-state index contributed by atoms with van der Waals surface area (Å²) < 4.78 is 19.0. The molecule has 0 saturated carbocycles. The second-order valence-electron chi connectivity index (χ2n) is 5.52. The highest BCUT2D eigenvalue weighted by atomic mass is 19.1. The molecular weight excluding hydrogens is 255 g/mol. The Balaban J connectivity index is 1.58. The summed E-state index contributed by atoms with van der Waals surface area (Å²) in [5, 5.41) is 4.29. The topological polar surface area (TPSA) is 28.4 Å². The van der Waals surface area contributed by atoms with Gasteiger partial charge in [-0.15, -0.1) is 0 Å². The highest BCUT2D eigenvalue weighted by Gasteiger charge is 2.12. The predicted molar refractivity (Wildman–Crippen MR) is 78.3 cm³/mol. The van der Waals surface area contributed by atoms with Crippen molar-refractivity contribution in [1.82, 2.24) is 10.2 Å². The number of rotatable bonds is 5. The first-order chi connectivity index (χ1) is 9.74. The van der Waals surface area contributed by atoms with Crippen LogP contribution in [0.3, 0.4) is 0 Å². The molecule has 4 heteroatoms. The number of fused-ring (bicyclic) bond motifs is 1. The molecule has 0 bridgehead atoms. The van der Waals surface area contributed by atoms with Crippen molar-refractivity contribution in [3.8, 4) is 0 Å². The average molecular weight is 276 g/mol. The zero-order chi connectivity index (χ0) is 13.9. The summed E-state index contributed by atoms with van der Waals surface area (Å²) in [6, 6.07) is 4.68. The van der Waals surface area contributed by atoms with Crippen LogP contribution in [0.5, 0.6) is 0 Å². The predicted octanol–water partition coefficient (Wildman–Crippen LogP) is 3.07. The van der Waals surface area contributed by atoms with Crippen molar-refractivity contribution in [3.05, 3.63) is 35.3 Å². The maximum Gasteiger partial charge on any atom is 0.134 e. The number of furan rings is 1. The fraction of sp³-hybridized carbons (Fsp3) is 0.500. The molecule has 0 aliphatic carbocycles. The van der Waals surface area contributed by atoms with E-state index in [1.165, 1.54) is 32.0 Å². The number of hydrogen-bond donors (Lipinski definition) is 1. The summed E-state index contributed by atoms with van der Waals surface area (Å²) in [6.45, 7) is 7.20. The van der Waals surface area contributed by atoms with Gasteiger partial charge in [0.15, 0.2) is 0 Å². The van der Waals surface area contributed by atoms with Gasteiger partial charge in [-0.05, 0) is 56.6 Å². The Morgan fingerprint density at radius 3 is 2.90 bits per heavy atom. The van der Waals surface area contributed by atoms with Gasteiger partial charge in [-0.3, -0.25) is 0 Å². The molecule has 1 aliphatic heterocycles. The number of likely N-dealkylation sites (tertiary alicyclic amines) is 1. The summed E-state index contributed by atoms with van der Waals surface area (Å²) >= 11 is 0. The van der Waals surface area contributed by atoms with Crippen molar-refractivity contribution in [2.75, 3.05) is 26.2 Å². The number of nitrogens with zero attached hydrogens (tertiary/aromatic N) is 1. The van der Waals surface area contributed by atoms with E-state index in [4.69, 9.17) is 4.42 Å². The quantitative estimate of drug-likeness (QED) is 0.851. The molecule has 0 amide bonds. The Morgan fingerprint density at radius 1 is 1.30 bits per heavy atom. The number of aryl methyl sites for hydroxylation is 1. The Kier molecular flexibility index (Phi) is 4.03. The molecule has 0 radical (unpaired) electrons. The van der Waals surface area contributed by atoms with Crippen LogP contribution < -0.4 is 5.32 Å². The van der Waals surface area contributed by atoms with Crippen molar-refractivity contribution in [3.63, 3.8) is 0 Å². The Hall–Kier alpha value is -1.39. The van der Waals surface area contributed by atoms with Crippen LogP contribution in [0.25, 0.3) is 11.0 Å². The van der Waals surface area contributed by atoms with E-state index >= 15 is 0 Å². The molecular formula is C16H21FN2O. The Labute approximate surface area is 118 Å². The van der Waals surface area contributed by atoms with Crippen LogP contribution in [0.1, 0.15) is 24.2 Å². The second kappa shape index (κ2) is 5.94. The summed E-state index contributed by atoms with van der Waals surface area (Å²) in [5.41, 5.74) is 1.80. The summed E-state index contributed by atoms with van der Waals surface area (Å²) in [4.78, 5) is 2.48. The molecule has 108 valence electrons. The van der Waals surface area contributed by atoms with Crippen molar-refractivity contribution in [2.45, 2.75) is 26.3 Å². The summed E-state index contributed by atoms with van der Waals surface area (Å²) in [7, 11) is 0. The van der Waals surface area contributed by atoms with E-state index < -0.39 is 0 Å². The van der Waals surface area contributed by atoms with Gasteiger partial charge in [0.25, 0.3) is 0 Å². The van der Waals surface area contributed by atoms with Gasteiger partial charge in [0.1, 0.15) is 17.2 Å². The van der Waals surface area contributed by atoms with E-state index in [1.807, 2.05) is 6.92 Å². The van der Waals surface area contributed by atoms with Crippen LogP contribution in [-0.4, -0.2) is 31.1 Å². The van der Waals surface area contributed by atoms with Crippen LogP contribution in [0.2, 0.25) is 0 Å². The molecule has 2 aromatic rings. The van der Waals surface area contributed by atoms with E-state index in [0.29, 0.717) is 6.54 Å². The Bertz CT molecular complexity index is 587. The van der Waals surface area contributed by atoms with Gasteiger partial charge < -0.3 is 14.6 Å². The Morgan fingerprint density at radius 2 is 2.10 bits per heavy atom. The smallest absolute Gasteiger partial charge is 0.134 e. The third-order valence-electron chi connectivity index (χ3n) is 4.09. The fourth-order valence-electron chi connectivity index (χ4n) is 2.86. The highest BCUT2D eigenvalue weighted by molar-refractivity contribution is 5.82. The van der Waals surface area contributed by atoms with Gasteiger partial charge >= 0.3 is 0 Å². The maximum absolute atomic E-state index is 13.2. The second-order valence-corrected chi connectivity index (χ2v) is 5.52. The number of nitrogens with one attached hydrogen (secondary N) is 1. The third kappa shape index (κ3) is 2.86. The molecule has 1 fully saturated rings. The molecule has 1 N–H and O–H groups in total. The van der Waals surface area contributed by atoms with E-state index in [2.05, 4.69) is 10.2 Å². The maximum atomic E-state index is 13.2. The monoisotopic (exact) mass is 276 g/mol. The van der Waals surface area contributed by atoms with E-state index in [-0.39, 0.29) is 5.82 Å². The molecule has 1 saturated heterocycles. The molecule has 2 heterocycles. The zero-order valence-corrected chi connectivity index (χ0v) is 11.9. The van der Waals surface area contributed by atoms with Crippen molar-refractivity contribution in [2.24, 2.45) is 0 Å². The first-order valence-corrected chi connectivity index (χ1v) is 7.34. The molecule has 3 nitrogen and oxygen atoms in total. The molecule has 0 spiro atoms. The lowest BCUT2D eigenvalue weighted by molar-refractivity contribution is 0.333. The van der Waals surface area contributed by atoms with Gasteiger partial charge in [0, 0.05) is 18.5 Å². The van der Waals surface area contributed by atoms with Gasteiger partial charge in [-0.2, -0.15) is 0 Å². The fourth-order valence-corrected chi connectivity index (χ4v) is 2.86. The molecule has 0 atom stereocenters. The van der Waals surface area contributed by atoms with Gasteiger partial charge in [-0.25, -0.2) is 4.39 Å². The first kappa shape index (κ1) is 13.6. The average Bonchev–Trinajstić information content (AvgIpc) is 3.05. The number of benzene rings is 1. The van der Waals surface area contributed by atoms with Crippen LogP contribution in [-0.2, 0) is 6.54 Å². The van der Waals surface area contributed by atoms with Crippen LogP contribution >= 0.6 is 0 Å². The van der Waals surface area contributed by atoms with Crippen LogP contribution in [0.15, 0.2) is 22.6 Å². The minimum absolute atomic E-state index is 0.213. The summed E-state index contributed by atoms with van der Waals surface area (Å²) in [5.74, 6) is 0.696. The largest absolute Gasteiger partial charge is 0.459 e. The normalized spacial score (nSPS) is 16.3. The minimum Gasteiger partial charge on any atom is -0.459 e. The van der Waals surface area contributed by atoms with Gasteiger partial charge in [0.05, 0.1) is 6.54 Å². The molecule has 0 unspecified atom stereocenters. The van der Waals surface area contributed by atoms with Crippen LogP contribution in [0.4, 0.5) is 4.39 Å². The SMILES string of the molecule is Cc1c(CNCCN2CCCC2)oc2ccc(F)cc12. The standard InChI is InChI=1S/C16H21FN2O/c1-12-14-10-13(17)4-5-15(14)20-16(12)11-18-6-9-19-7-2-3-8-19/h4-5,10,18H,2-3,6-9,11H2,1H3. The highest BCUT2D eigenvalue weighted by Crippen LogP contribution is 2.25. The number of halogens is 1. The molecule has 1 aliphatic rings. The molecule has 1 aromatic heterocycles. The zero-order valence-electron chi connectivity index (χ0n) is 11.9. The van der Waals surface area contributed by atoms with Crippen LogP contribution in [0, 0.1) is 12.7 Å². The van der Waals surface area contributed by atoms with Gasteiger partial charge in [-0.1, -0.05) is 0 Å². The lowest BCUT2D eigenvalue weighted by atomic mass is 10.1. The van der Waals surface area contributed by atoms with Gasteiger partial charge in [0.2, 0.25) is 0 Å².